The van der Waals surface area contributed by atoms with Gasteiger partial charge in [0.1, 0.15) is 0 Å². The van der Waals surface area contributed by atoms with Crippen LogP contribution in [0.15, 0.2) is 36.5 Å². The van der Waals surface area contributed by atoms with Gasteiger partial charge in [0.05, 0.1) is 11.4 Å². The van der Waals surface area contributed by atoms with Gasteiger partial charge in [-0.3, -0.25) is 0 Å². The zero-order chi connectivity index (χ0) is 10.7. The summed E-state index contributed by atoms with van der Waals surface area (Å²) in [5, 5.41) is 5.22. The quantitative estimate of drug-likeness (QED) is 0.778. The Balaban J connectivity index is 2.28. The van der Waals surface area contributed by atoms with Gasteiger partial charge in [0, 0.05) is 11.5 Å². The van der Waals surface area contributed by atoms with Crippen LogP contribution >= 0.6 is 15.9 Å². The molecule has 0 N–H and O–H groups in total. The minimum Gasteiger partial charge on any atom is -0.241 e. The summed E-state index contributed by atoms with van der Waals surface area (Å²) >= 11 is 3.39. The fraction of sp³-hybridized carbons (Fsp3) is 0.250. The Bertz CT molecular complexity index is 431. The molecule has 2 aromatic rings. The summed E-state index contributed by atoms with van der Waals surface area (Å²) in [4.78, 5) is 0. The van der Waals surface area contributed by atoms with Crippen molar-refractivity contribution in [2.45, 2.75) is 18.7 Å². The first-order valence-electron chi connectivity index (χ1n) is 5.03. The summed E-state index contributed by atoms with van der Waals surface area (Å²) in [7, 11) is 0. The molecule has 2 rings (SSSR count). The van der Waals surface area contributed by atoms with Crippen LogP contribution < -0.4 is 0 Å². The second-order valence-corrected chi connectivity index (χ2v) is 3.97. The van der Waals surface area contributed by atoms with Crippen LogP contribution in [0.3, 0.4) is 0 Å². The number of halogens is 1. The normalized spacial score (nSPS) is 10.5. The number of aryl methyl sites for hydroxylation is 1. The first-order valence-corrected chi connectivity index (χ1v) is 6.15. The van der Waals surface area contributed by atoms with Gasteiger partial charge in [0.2, 0.25) is 0 Å². The lowest BCUT2D eigenvalue weighted by Crippen LogP contribution is -1.95. The molecule has 78 valence electrons. The van der Waals surface area contributed by atoms with Crippen molar-refractivity contribution in [3.63, 3.8) is 0 Å². The minimum absolute atomic E-state index is 0.799. The van der Waals surface area contributed by atoms with Crippen LogP contribution in [0.4, 0.5) is 0 Å². The Morgan fingerprint density at radius 2 is 1.93 bits per heavy atom. The molecule has 0 radical (unpaired) electrons. The van der Waals surface area contributed by atoms with E-state index in [1.807, 2.05) is 16.9 Å². The van der Waals surface area contributed by atoms with Crippen molar-refractivity contribution in [2.24, 2.45) is 0 Å². The van der Waals surface area contributed by atoms with Crippen molar-refractivity contribution in [2.75, 3.05) is 0 Å². The van der Waals surface area contributed by atoms with E-state index in [-0.39, 0.29) is 0 Å². The van der Waals surface area contributed by atoms with Crippen LogP contribution in [0.5, 0.6) is 0 Å². The number of nitrogens with zero attached hydrogens (tertiary/aromatic N) is 2. The molecule has 15 heavy (non-hydrogen) atoms. The summed E-state index contributed by atoms with van der Waals surface area (Å²) in [6.45, 7) is 2.16. The number of hydrogen-bond donors (Lipinski definition) is 0. The highest BCUT2D eigenvalue weighted by atomic mass is 79.9. The molecule has 0 bridgehead atoms. The van der Waals surface area contributed by atoms with E-state index < -0.39 is 0 Å². The highest BCUT2D eigenvalue weighted by molar-refractivity contribution is 9.08. The lowest BCUT2D eigenvalue weighted by Gasteiger charge is -2.02. The van der Waals surface area contributed by atoms with E-state index in [4.69, 9.17) is 0 Å². The molecule has 0 fully saturated rings. The maximum atomic E-state index is 4.42. The summed E-state index contributed by atoms with van der Waals surface area (Å²) in [6, 6.07) is 10.5. The number of alkyl halides is 1. The molecule has 0 saturated heterocycles. The van der Waals surface area contributed by atoms with Crippen LogP contribution in [0.1, 0.15) is 18.2 Å². The molecule has 0 atom stereocenters. The molecule has 0 amide bonds. The monoisotopic (exact) mass is 264 g/mol. The van der Waals surface area contributed by atoms with E-state index >= 15 is 0 Å². The third-order valence-corrected chi connectivity index (χ3v) is 2.96. The zero-order valence-electron chi connectivity index (χ0n) is 8.65. The largest absolute Gasteiger partial charge is 0.241 e. The van der Waals surface area contributed by atoms with Gasteiger partial charge in [-0.1, -0.05) is 35.0 Å². The number of rotatable bonds is 3. The topological polar surface area (TPSA) is 17.8 Å². The molecule has 0 aliphatic carbocycles. The van der Waals surface area contributed by atoms with Crippen molar-refractivity contribution < 1.29 is 0 Å². The molecule has 0 spiro atoms. The zero-order valence-corrected chi connectivity index (χ0v) is 10.2. The van der Waals surface area contributed by atoms with Crippen LogP contribution in [0.25, 0.3) is 5.69 Å². The van der Waals surface area contributed by atoms with Crippen molar-refractivity contribution in [3.05, 3.63) is 47.8 Å². The molecular weight excluding hydrogens is 252 g/mol. The summed E-state index contributed by atoms with van der Waals surface area (Å²) < 4.78 is 1.90. The highest BCUT2D eigenvalue weighted by Crippen LogP contribution is 2.11. The molecule has 0 aliphatic rings. The smallest absolute Gasteiger partial charge is 0.0734 e. The van der Waals surface area contributed by atoms with Crippen LogP contribution in [0, 0.1) is 0 Å². The Morgan fingerprint density at radius 1 is 1.20 bits per heavy atom. The van der Waals surface area contributed by atoms with E-state index in [0.29, 0.717) is 0 Å². The van der Waals surface area contributed by atoms with Gasteiger partial charge in [-0.05, 0) is 30.2 Å². The molecule has 0 saturated carbocycles. The summed E-state index contributed by atoms with van der Waals surface area (Å²) in [5.41, 5.74) is 3.51. The second kappa shape index (κ2) is 4.62. The van der Waals surface area contributed by atoms with E-state index in [9.17, 15) is 0 Å². The highest BCUT2D eigenvalue weighted by Gasteiger charge is 1.99. The Labute approximate surface area is 98.1 Å². The van der Waals surface area contributed by atoms with E-state index in [1.165, 1.54) is 5.56 Å². The van der Waals surface area contributed by atoms with Gasteiger partial charge >= 0.3 is 0 Å². The van der Waals surface area contributed by atoms with Gasteiger partial charge in [-0.25, -0.2) is 4.68 Å². The Morgan fingerprint density at radius 3 is 2.47 bits per heavy atom. The number of benzene rings is 1. The average molecular weight is 265 g/mol. The Kier molecular flexibility index (Phi) is 3.21. The molecule has 3 heteroatoms. The molecule has 1 aromatic carbocycles. The first-order chi connectivity index (χ1) is 7.33. The maximum absolute atomic E-state index is 4.42. The van der Waals surface area contributed by atoms with Crippen LogP contribution in [-0.2, 0) is 11.8 Å². The van der Waals surface area contributed by atoms with Gasteiger partial charge in [0.15, 0.2) is 0 Å². The molecule has 0 unspecified atom stereocenters. The van der Waals surface area contributed by atoms with Gasteiger partial charge in [-0.15, -0.1) is 0 Å². The van der Waals surface area contributed by atoms with E-state index in [1.54, 1.807) is 0 Å². The number of hydrogen-bond acceptors (Lipinski definition) is 1. The lowest BCUT2D eigenvalue weighted by molar-refractivity contribution is 0.859. The summed E-state index contributed by atoms with van der Waals surface area (Å²) in [5.74, 6) is 0. The fourth-order valence-corrected chi connectivity index (χ4v) is 1.76. The first kappa shape index (κ1) is 10.4. The number of aromatic nitrogens is 2. The standard InChI is InChI=1S/C12H13BrN2/c1-2-10-3-5-12(6-4-10)15-8-7-11(9-13)14-15/h3-8H,2,9H2,1H3. The maximum Gasteiger partial charge on any atom is 0.0734 e. The van der Waals surface area contributed by atoms with Gasteiger partial charge in [-0.2, -0.15) is 5.10 Å². The van der Waals surface area contributed by atoms with Crippen molar-refractivity contribution in [1.82, 2.24) is 9.78 Å². The van der Waals surface area contributed by atoms with Crippen molar-refractivity contribution in [3.8, 4) is 5.69 Å². The van der Waals surface area contributed by atoms with Gasteiger partial charge < -0.3 is 0 Å². The lowest BCUT2D eigenvalue weighted by atomic mass is 10.1. The van der Waals surface area contributed by atoms with Crippen molar-refractivity contribution >= 4 is 15.9 Å². The van der Waals surface area contributed by atoms with Crippen LogP contribution in [0.2, 0.25) is 0 Å². The Hall–Kier alpha value is -1.09. The fourth-order valence-electron chi connectivity index (χ4n) is 1.46. The molecule has 0 aliphatic heterocycles. The predicted molar refractivity (Wildman–Crippen MR) is 65.6 cm³/mol. The molecule has 2 nitrogen and oxygen atoms in total. The van der Waals surface area contributed by atoms with E-state index in [0.717, 1.165) is 23.1 Å². The molecule has 1 aromatic heterocycles. The average Bonchev–Trinajstić information content (AvgIpc) is 2.78. The third-order valence-electron chi connectivity index (χ3n) is 2.39. The molecule has 1 heterocycles. The minimum atomic E-state index is 0.799. The van der Waals surface area contributed by atoms with Gasteiger partial charge in [0.25, 0.3) is 0 Å². The van der Waals surface area contributed by atoms with E-state index in [2.05, 4.69) is 52.2 Å². The third kappa shape index (κ3) is 2.29. The van der Waals surface area contributed by atoms with Crippen LogP contribution in [-0.4, -0.2) is 9.78 Å². The second-order valence-electron chi connectivity index (χ2n) is 3.41. The van der Waals surface area contributed by atoms with Crippen molar-refractivity contribution in [1.29, 1.82) is 0 Å². The predicted octanol–water partition coefficient (Wildman–Crippen LogP) is 3.33. The molecular formula is C12H13BrN2. The summed E-state index contributed by atoms with van der Waals surface area (Å²) in [6.07, 6.45) is 3.06. The SMILES string of the molecule is CCc1ccc(-n2ccc(CBr)n2)cc1.